The molecule has 58 heavy (non-hydrogen) atoms. The van der Waals surface area contributed by atoms with E-state index < -0.39 is 0 Å². The zero-order valence-electron chi connectivity index (χ0n) is 34.6. The first-order valence-corrected chi connectivity index (χ1v) is 19.6. The van der Waals surface area contributed by atoms with E-state index in [1.54, 1.807) is 0 Å². The van der Waals surface area contributed by atoms with Crippen LogP contribution in [0.15, 0.2) is 121 Å². The number of rotatable bonds is 6. The Balaban J connectivity index is 1.31. The normalized spacial score (nSPS) is 12.2. The molecule has 8 aromatic rings. The summed E-state index contributed by atoms with van der Waals surface area (Å²) in [5.41, 5.74) is 4.29. The van der Waals surface area contributed by atoms with Crippen molar-refractivity contribution in [3.8, 4) is 68.3 Å². The summed E-state index contributed by atoms with van der Waals surface area (Å²) in [7, 11) is 0. The SMILES string of the molecule is CC(C)(C)c1nc(-c2cccc(-c3nc(C(C)(C)C)nc(C(C)(C)C)n3)c2)nc(-c2cc(-c3nc(-c4ccccc4)nc(-c4ccccc4)n3)cc3ccccc23)n1. The van der Waals surface area contributed by atoms with Gasteiger partial charge >= 0.3 is 0 Å². The molecular weight excluding hydrogens is 715 g/mol. The summed E-state index contributed by atoms with van der Waals surface area (Å²) in [5.74, 6) is 5.67. The van der Waals surface area contributed by atoms with Crippen molar-refractivity contribution in [1.29, 1.82) is 0 Å². The largest absolute Gasteiger partial charge is 0.217 e. The molecule has 0 fully saturated rings. The van der Waals surface area contributed by atoms with Crippen LogP contribution >= 0.6 is 0 Å². The van der Waals surface area contributed by atoms with Crippen LogP contribution in [0.25, 0.3) is 79.1 Å². The average molecular weight is 762 g/mol. The molecule has 288 valence electrons. The summed E-state index contributed by atoms with van der Waals surface area (Å²) in [5, 5.41) is 2.02. The third-order valence-corrected chi connectivity index (χ3v) is 9.72. The summed E-state index contributed by atoms with van der Waals surface area (Å²) in [6, 6.07) is 40.6. The van der Waals surface area contributed by atoms with Crippen LogP contribution in [0.2, 0.25) is 0 Å². The van der Waals surface area contributed by atoms with Crippen LogP contribution in [0.3, 0.4) is 0 Å². The van der Waals surface area contributed by atoms with Gasteiger partial charge in [-0.2, -0.15) is 0 Å². The molecule has 0 aliphatic carbocycles. The van der Waals surface area contributed by atoms with Crippen molar-refractivity contribution in [3.05, 3.63) is 139 Å². The van der Waals surface area contributed by atoms with Gasteiger partial charge in [-0.25, -0.2) is 44.9 Å². The summed E-state index contributed by atoms with van der Waals surface area (Å²) >= 11 is 0. The lowest BCUT2D eigenvalue weighted by atomic mass is 9.93. The van der Waals surface area contributed by atoms with Gasteiger partial charge < -0.3 is 0 Å². The van der Waals surface area contributed by atoms with Gasteiger partial charge in [0.1, 0.15) is 17.5 Å². The van der Waals surface area contributed by atoms with Gasteiger partial charge in [-0.1, -0.05) is 165 Å². The van der Waals surface area contributed by atoms with E-state index in [2.05, 4.69) is 92.6 Å². The lowest BCUT2D eigenvalue weighted by Gasteiger charge is -2.22. The Morgan fingerprint density at radius 2 is 0.672 bits per heavy atom. The molecule has 0 aliphatic rings. The first-order valence-electron chi connectivity index (χ1n) is 19.6. The van der Waals surface area contributed by atoms with Crippen molar-refractivity contribution < 1.29 is 0 Å². The molecule has 5 aromatic carbocycles. The molecule has 0 N–H and O–H groups in total. The zero-order chi connectivity index (χ0) is 40.8. The van der Waals surface area contributed by atoms with Crippen LogP contribution < -0.4 is 0 Å². The Hall–Kier alpha value is -6.61. The van der Waals surface area contributed by atoms with E-state index in [0.717, 1.165) is 55.8 Å². The summed E-state index contributed by atoms with van der Waals surface area (Å²) in [6.07, 6.45) is 0. The second-order valence-electron chi connectivity index (χ2n) is 17.7. The van der Waals surface area contributed by atoms with Gasteiger partial charge in [-0.3, -0.25) is 0 Å². The van der Waals surface area contributed by atoms with Crippen molar-refractivity contribution in [2.24, 2.45) is 0 Å². The molecule has 0 unspecified atom stereocenters. The predicted molar refractivity (Wildman–Crippen MR) is 233 cm³/mol. The number of fused-ring (bicyclic) bond motifs is 1. The quantitative estimate of drug-likeness (QED) is 0.163. The Bertz CT molecular complexity index is 2690. The van der Waals surface area contributed by atoms with Gasteiger partial charge in [0.15, 0.2) is 34.9 Å². The average Bonchev–Trinajstić information content (AvgIpc) is 3.22. The number of nitrogens with zero attached hydrogens (tertiary/aromatic N) is 9. The maximum absolute atomic E-state index is 5.22. The third kappa shape index (κ3) is 7.98. The molecule has 0 amide bonds. The molecule has 3 heterocycles. The maximum Gasteiger partial charge on any atom is 0.164 e. The molecule has 3 aromatic heterocycles. The van der Waals surface area contributed by atoms with E-state index >= 15 is 0 Å². The Morgan fingerprint density at radius 1 is 0.293 bits per heavy atom. The van der Waals surface area contributed by atoms with Gasteiger partial charge in [0.25, 0.3) is 0 Å². The molecule has 0 atom stereocenters. The van der Waals surface area contributed by atoms with Crippen LogP contribution in [0.4, 0.5) is 0 Å². The predicted octanol–water partition coefficient (Wildman–Crippen LogP) is 11.3. The molecule has 0 radical (unpaired) electrons. The Morgan fingerprint density at radius 3 is 1.19 bits per heavy atom. The highest BCUT2D eigenvalue weighted by Gasteiger charge is 2.27. The monoisotopic (exact) mass is 761 g/mol. The number of benzene rings is 5. The third-order valence-electron chi connectivity index (χ3n) is 9.72. The van der Waals surface area contributed by atoms with Crippen molar-refractivity contribution >= 4 is 10.8 Å². The highest BCUT2D eigenvalue weighted by atomic mass is 15.1. The second-order valence-corrected chi connectivity index (χ2v) is 17.7. The van der Waals surface area contributed by atoms with Crippen LogP contribution in [-0.4, -0.2) is 44.9 Å². The molecule has 0 saturated carbocycles. The maximum atomic E-state index is 5.22. The summed E-state index contributed by atoms with van der Waals surface area (Å²) in [6.45, 7) is 19.1. The smallest absolute Gasteiger partial charge is 0.164 e. The minimum absolute atomic E-state index is 0.259. The van der Waals surface area contributed by atoms with Gasteiger partial charge in [-0.15, -0.1) is 0 Å². The molecule has 0 bridgehead atoms. The van der Waals surface area contributed by atoms with Crippen LogP contribution in [0.1, 0.15) is 79.8 Å². The Labute approximate surface area is 340 Å². The van der Waals surface area contributed by atoms with E-state index in [9.17, 15) is 0 Å². The minimum Gasteiger partial charge on any atom is -0.217 e. The number of aromatic nitrogens is 9. The fraction of sp³-hybridized carbons (Fsp3) is 0.245. The lowest BCUT2D eigenvalue weighted by molar-refractivity contribution is 0.497. The molecule has 0 aliphatic heterocycles. The number of hydrogen-bond acceptors (Lipinski definition) is 9. The van der Waals surface area contributed by atoms with Crippen LogP contribution in [0, 0.1) is 0 Å². The fourth-order valence-electron chi connectivity index (χ4n) is 6.50. The molecule has 9 nitrogen and oxygen atoms in total. The van der Waals surface area contributed by atoms with Crippen molar-refractivity contribution in [2.75, 3.05) is 0 Å². The lowest BCUT2D eigenvalue weighted by Crippen LogP contribution is -2.24. The number of hydrogen-bond donors (Lipinski definition) is 0. The van der Waals surface area contributed by atoms with Gasteiger partial charge in [-0.05, 0) is 29.0 Å². The fourth-order valence-corrected chi connectivity index (χ4v) is 6.50. The topological polar surface area (TPSA) is 116 Å². The van der Waals surface area contributed by atoms with E-state index in [-0.39, 0.29) is 16.2 Å². The molecule has 0 spiro atoms. The first kappa shape index (κ1) is 38.3. The van der Waals surface area contributed by atoms with E-state index in [0.29, 0.717) is 40.8 Å². The van der Waals surface area contributed by atoms with Gasteiger partial charge in [0, 0.05) is 49.6 Å². The van der Waals surface area contributed by atoms with Crippen molar-refractivity contribution in [1.82, 2.24) is 44.9 Å². The Kier molecular flexibility index (Phi) is 9.71. The minimum atomic E-state index is -0.377. The highest BCUT2D eigenvalue weighted by molar-refractivity contribution is 5.98. The standard InChI is InChI=1S/C49H47N9/c1-47(2,3)44-54-40(33-24-18-25-34(28-33)41-55-45(48(4,5)6)58-46(56-41)49(7,8)9)53-43(57-44)37-29-35(27-32-23-16-17-26-36(32)37)42-51-38(30-19-12-10-13-20-30)50-39(52-42)31-21-14-11-15-22-31/h10-29H,1-9H3. The van der Waals surface area contributed by atoms with Gasteiger partial charge in [0.2, 0.25) is 0 Å². The zero-order valence-corrected chi connectivity index (χ0v) is 34.6. The molecule has 9 heteroatoms. The van der Waals surface area contributed by atoms with Crippen molar-refractivity contribution in [2.45, 2.75) is 78.6 Å². The van der Waals surface area contributed by atoms with Crippen LogP contribution in [0.5, 0.6) is 0 Å². The van der Waals surface area contributed by atoms with Crippen molar-refractivity contribution in [3.63, 3.8) is 0 Å². The second kappa shape index (κ2) is 14.7. The molecule has 8 rings (SSSR count). The summed E-state index contributed by atoms with van der Waals surface area (Å²) < 4.78 is 0. The first-order chi connectivity index (χ1) is 27.6. The van der Waals surface area contributed by atoms with E-state index in [4.69, 9.17) is 44.9 Å². The van der Waals surface area contributed by atoms with Gasteiger partial charge in [0.05, 0.1) is 0 Å². The summed E-state index contributed by atoms with van der Waals surface area (Å²) in [4.78, 5) is 45.4. The highest BCUT2D eigenvalue weighted by Crippen LogP contribution is 2.36. The molecule has 0 saturated heterocycles. The van der Waals surface area contributed by atoms with E-state index in [1.165, 1.54) is 0 Å². The van der Waals surface area contributed by atoms with Crippen LogP contribution in [-0.2, 0) is 16.2 Å². The molecular formula is C49H47N9. The van der Waals surface area contributed by atoms with E-state index in [1.807, 2.05) is 91.0 Å².